The molecule has 3 N–H and O–H groups in total. The number of nitrogens with zero attached hydrogens (tertiary/aromatic N) is 1. The Morgan fingerprint density at radius 1 is 1.16 bits per heavy atom. The van der Waals surface area contributed by atoms with Crippen LogP contribution in [-0.2, 0) is 30.5 Å². The number of amides is 3. The van der Waals surface area contributed by atoms with Crippen LogP contribution in [0.4, 0.5) is 4.79 Å². The zero-order chi connectivity index (χ0) is 27.9. The van der Waals surface area contributed by atoms with Crippen LogP contribution in [0.1, 0.15) is 44.6 Å². The van der Waals surface area contributed by atoms with Gasteiger partial charge in [-0.1, -0.05) is 42.5 Å². The maximum atomic E-state index is 12.8. The van der Waals surface area contributed by atoms with E-state index in [1.54, 1.807) is 17.9 Å². The van der Waals surface area contributed by atoms with Crippen molar-refractivity contribution in [2.75, 3.05) is 19.7 Å². The molecule has 0 spiro atoms. The van der Waals surface area contributed by atoms with Gasteiger partial charge in [0.15, 0.2) is 0 Å². The van der Waals surface area contributed by atoms with Crippen LogP contribution < -0.4 is 10.6 Å². The van der Waals surface area contributed by atoms with Gasteiger partial charge in [-0.2, -0.15) is 0 Å². The second kappa shape index (κ2) is 16.2. The Morgan fingerprint density at radius 3 is 2.53 bits per heavy atom. The van der Waals surface area contributed by atoms with Crippen molar-refractivity contribution >= 4 is 23.9 Å². The normalized spacial score (nSPS) is 17.0. The summed E-state index contributed by atoms with van der Waals surface area (Å²) in [4.78, 5) is 52.0. The Bertz CT molecular complexity index is 953. The summed E-state index contributed by atoms with van der Waals surface area (Å²) in [5.41, 5.74) is 0.806. The monoisotopic (exact) mass is 529 g/mol. The molecule has 1 aromatic carbocycles. The zero-order valence-electron chi connectivity index (χ0n) is 22.0. The number of likely N-dealkylation sites (tertiary alicyclic amines) is 1. The highest BCUT2D eigenvalue weighted by Crippen LogP contribution is 2.21. The first-order valence-corrected chi connectivity index (χ1v) is 12.9. The summed E-state index contributed by atoms with van der Waals surface area (Å²) in [6, 6.07) is 7.92. The highest BCUT2D eigenvalue weighted by molar-refractivity contribution is 5.86. The van der Waals surface area contributed by atoms with Crippen molar-refractivity contribution in [1.29, 1.82) is 0 Å². The fourth-order valence-electron chi connectivity index (χ4n) is 4.16. The van der Waals surface area contributed by atoms with Crippen molar-refractivity contribution in [1.82, 2.24) is 15.5 Å². The van der Waals surface area contributed by atoms with Crippen LogP contribution in [0.3, 0.4) is 0 Å². The number of ether oxygens (including phenoxy) is 2. The number of carbonyl (C=O) groups excluding carboxylic acids is 4. The van der Waals surface area contributed by atoms with E-state index in [0.717, 1.165) is 18.4 Å². The van der Waals surface area contributed by atoms with Gasteiger partial charge in [0.05, 0.1) is 25.1 Å². The van der Waals surface area contributed by atoms with Crippen molar-refractivity contribution in [3.63, 3.8) is 0 Å². The number of allylic oxidation sites excluding steroid dienone is 1. The average molecular weight is 530 g/mol. The summed E-state index contributed by atoms with van der Waals surface area (Å²) >= 11 is 0. The van der Waals surface area contributed by atoms with Crippen LogP contribution in [0.2, 0.25) is 0 Å². The smallest absolute Gasteiger partial charge is 0.408 e. The molecule has 0 unspecified atom stereocenters. The molecule has 38 heavy (non-hydrogen) atoms. The first kappa shape index (κ1) is 30.6. The van der Waals surface area contributed by atoms with Gasteiger partial charge in [0, 0.05) is 13.0 Å². The lowest BCUT2D eigenvalue weighted by atomic mass is 9.99. The van der Waals surface area contributed by atoms with E-state index in [1.807, 2.05) is 30.3 Å². The number of aliphatic hydroxyl groups is 1. The van der Waals surface area contributed by atoms with Crippen molar-refractivity contribution in [2.45, 2.75) is 63.8 Å². The third kappa shape index (κ3) is 10.0. The third-order valence-corrected chi connectivity index (χ3v) is 6.22. The summed E-state index contributed by atoms with van der Waals surface area (Å²) in [6.07, 6.45) is 3.60. The van der Waals surface area contributed by atoms with Crippen molar-refractivity contribution in [3.05, 3.63) is 61.2 Å². The van der Waals surface area contributed by atoms with Gasteiger partial charge in [-0.05, 0) is 38.2 Å². The SMILES string of the molecule is C=CC[C@H](CC(=O)N1CCC[C@H]1CO)C(=O)NC[C@H](C)OC(=O)[C@@H](CC=C)NC(=O)OCc1ccccc1. The molecule has 0 saturated carbocycles. The first-order valence-electron chi connectivity index (χ1n) is 12.9. The van der Waals surface area contributed by atoms with Gasteiger partial charge in [-0.25, -0.2) is 9.59 Å². The average Bonchev–Trinajstić information content (AvgIpc) is 3.40. The van der Waals surface area contributed by atoms with Crippen LogP contribution in [-0.4, -0.2) is 71.8 Å². The molecule has 2 rings (SSSR count). The number of rotatable bonds is 15. The first-order chi connectivity index (χ1) is 18.3. The molecule has 0 bridgehead atoms. The van der Waals surface area contributed by atoms with Crippen molar-refractivity contribution in [3.8, 4) is 0 Å². The molecule has 1 saturated heterocycles. The highest BCUT2D eigenvalue weighted by Gasteiger charge is 2.31. The van der Waals surface area contributed by atoms with Crippen LogP contribution >= 0.6 is 0 Å². The number of aliphatic hydroxyl groups excluding tert-OH is 1. The third-order valence-electron chi connectivity index (χ3n) is 6.22. The predicted octanol–water partition coefficient (Wildman–Crippen LogP) is 2.47. The number of benzene rings is 1. The standard InChI is InChI=1S/C28H39N3O7/c1-4-10-22(16-25(33)31-15-9-14-23(31)18-32)26(34)29-17-20(3)38-27(35)24(11-5-2)30-28(36)37-19-21-12-7-6-8-13-21/h4-8,12-13,20,22-24,32H,1-2,9-11,14-19H2,3H3,(H,29,34)(H,30,36)/t20-,22+,23-,24+/m0/s1. The van der Waals surface area contributed by atoms with Crippen molar-refractivity contribution in [2.24, 2.45) is 5.92 Å². The topological polar surface area (TPSA) is 134 Å². The summed E-state index contributed by atoms with van der Waals surface area (Å²) in [6.45, 7) is 9.45. The lowest BCUT2D eigenvalue weighted by Gasteiger charge is -2.25. The molecule has 10 heteroatoms. The molecule has 1 aliphatic rings. The van der Waals surface area contributed by atoms with E-state index in [2.05, 4.69) is 23.8 Å². The van der Waals surface area contributed by atoms with Crippen molar-refractivity contribution < 1.29 is 33.8 Å². The Kier molecular flexibility index (Phi) is 13.1. The minimum atomic E-state index is -1.00. The van der Waals surface area contributed by atoms with E-state index in [1.165, 1.54) is 6.08 Å². The molecule has 4 atom stereocenters. The van der Waals surface area contributed by atoms with E-state index in [-0.39, 0.29) is 50.5 Å². The molecule has 1 aliphatic heterocycles. The van der Waals surface area contributed by atoms with Crippen LogP contribution in [0.25, 0.3) is 0 Å². The lowest BCUT2D eigenvalue weighted by molar-refractivity contribution is -0.151. The minimum absolute atomic E-state index is 0.00105. The summed E-state index contributed by atoms with van der Waals surface area (Å²) < 4.78 is 10.6. The second-order valence-electron chi connectivity index (χ2n) is 9.27. The number of hydrogen-bond acceptors (Lipinski definition) is 7. The van der Waals surface area contributed by atoms with Gasteiger partial charge in [-0.15, -0.1) is 13.2 Å². The zero-order valence-corrected chi connectivity index (χ0v) is 22.0. The molecule has 208 valence electrons. The number of carbonyl (C=O) groups is 4. The molecule has 1 heterocycles. The fraction of sp³-hybridized carbons (Fsp3) is 0.500. The Balaban J connectivity index is 1.82. The molecule has 1 fully saturated rings. The maximum absolute atomic E-state index is 12.8. The Labute approximate surface area is 224 Å². The number of hydrogen-bond donors (Lipinski definition) is 3. The number of esters is 1. The fourth-order valence-corrected chi connectivity index (χ4v) is 4.16. The molecular formula is C28H39N3O7. The van der Waals surface area contributed by atoms with Crippen LogP contribution in [0, 0.1) is 5.92 Å². The van der Waals surface area contributed by atoms with E-state index in [9.17, 15) is 24.3 Å². The Morgan fingerprint density at radius 2 is 1.87 bits per heavy atom. The summed E-state index contributed by atoms with van der Waals surface area (Å²) in [5, 5.41) is 14.7. The lowest BCUT2D eigenvalue weighted by Crippen LogP contribution is -2.45. The van der Waals surface area contributed by atoms with Gasteiger partial charge < -0.3 is 30.1 Å². The quantitative estimate of drug-likeness (QED) is 0.235. The molecular weight excluding hydrogens is 490 g/mol. The highest BCUT2D eigenvalue weighted by atomic mass is 16.6. The number of nitrogens with one attached hydrogen (secondary N) is 2. The summed E-state index contributed by atoms with van der Waals surface area (Å²) in [5.74, 6) is -1.85. The van der Waals surface area contributed by atoms with Gasteiger partial charge in [-0.3, -0.25) is 9.59 Å². The van der Waals surface area contributed by atoms with Gasteiger partial charge in [0.25, 0.3) is 0 Å². The maximum Gasteiger partial charge on any atom is 0.408 e. The van der Waals surface area contributed by atoms with E-state index < -0.39 is 30.1 Å². The van der Waals surface area contributed by atoms with Crippen LogP contribution in [0.5, 0.6) is 0 Å². The molecule has 0 aromatic heterocycles. The van der Waals surface area contributed by atoms with E-state index in [4.69, 9.17) is 9.47 Å². The Hall–Kier alpha value is -3.66. The largest absolute Gasteiger partial charge is 0.459 e. The van der Waals surface area contributed by atoms with Crippen LogP contribution in [0.15, 0.2) is 55.6 Å². The molecule has 1 aromatic rings. The second-order valence-corrected chi connectivity index (χ2v) is 9.27. The van der Waals surface area contributed by atoms with Gasteiger partial charge in [0.1, 0.15) is 18.8 Å². The molecule has 0 aliphatic carbocycles. The van der Waals surface area contributed by atoms with E-state index >= 15 is 0 Å². The summed E-state index contributed by atoms with van der Waals surface area (Å²) in [7, 11) is 0. The number of alkyl carbamates (subject to hydrolysis) is 1. The minimum Gasteiger partial charge on any atom is -0.459 e. The predicted molar refractivity (Wildman–Crippen MR) is 142 cm³/mol. The van der Waals surface area contributed by atoms with Gasteiger partial charge >= 0.3 is 12.1 Å². The molecule has 10 nitrogen and oxygen atoms in total. The molecule has 3 amide bonds. The molecule has 0 radical (unpaired) electrons. The van der Waals surface area contributed by atoms with Gasteiger partial charge in [0.2, 0.25) is 11.8 Å². The van der Waals surface area contributed by atoms with E-state index in [0.29, 0.717) is 13.0 Å².